The Labute approximate surface area is 126 Å². The zero-order chi connectivity index (χ0) is 16.0. The molecule has 2 unspecified atom stereocenters. The van der Waals surface area contributed by atoms with E-state index in [4.69, 9.17) is 4.42 Å². The average Bonchev–Trinajstić information content (AvgIpc) is 2.88. The summed E-state index contributed by atoms with van der Waals surface area (Å²) in [5, 5.41) is 15.4. The first kappa shape index (κ1) is 17.5. The normalized spacial score (nSPS) is 14.8. The van der Waals surface area contributed by atoms with Crippen LogP contribution in [0.4, 0.5) is 4.79 Å². The molecule has 2 amide bonds. The number of carbonyl (C=O) groups excluding carboxylic acids is 1. The smallest absolute Gasteiger partial charge is 0.314 e. The molecule has 0 saturated carbocycles. The molecule has 0 fully saturated rings. The number of nitrogens with zero attached hydrogens (tertiary/aromatic N) is 1. The summed E-state index contributed by atoms with van der Waals surface area (Å²) in [5.74, 6) is 0.801. The van der Waals surface area contributed by atoms with Gasteiger partial charge < -0.3 is 20.2 Å². The van der Waals surface area contributed by atoms with Crippen LogP contribution in [0.2, 0.25) is 0 Å². The van der Waals surface area contributed by atoms with E-state index in [-0.39, 0.29) is 24.0 Å². The van der Waals surface area contributed by atoms with E-state index in [0.717, 1.165) is 5.76 Å². The number of carbonyl (C=O) groups is 1. The molecule has 3 N–H and O–H groups in total. The van der Waals surface area contributed by atoms with Gasteiger partial charge in [0, 0.05) is 13.1 Å². The maximum Gasteiger partial charge on any atom is 0.314 e. The Morgan fingerprint density at radius 2 is 1.95 bits per heavy atom. The highest BCUT2D eigenvalue weighted by Crippen LogP contribution is 2.18. The van der Waals surface area contributed by atoms with E-state index < -0.39 is 6.10 Å². The van der Waals surface area contributed by atoms with Crippen LogP contribution in [0.15, 0.2) is 22.8 Å². The summed E-state index contributed by atoms with van der Waals surface area (Å²) >= 11 is 0. The predicted octanol–water partition coefficient (Wildman–Crippen LogP) is 1.59. The highest BCUT2D eigenvalue weighted by atomic mass is 16.3. The molecule has 1 aromatic heterocycles. The molecule has 0 aliphatic rings. The van der Waals surface area contributed by atoms with E-state index in [1.165, 1.54) is 0 Å². The molecule has 0 spiro atoms. The fourth-order valence-electron chi connectivity index (χ4n) is 1.77. The van der Waals surface area contributed by atoms with Crippen LogP contribution in [0, 0.1) is 5.41 Å². The minimum Gasteiger partial charge on any atom is -0.468 e. The fraction of sp³-hybridized carbons (Fsp3) is 0.667. The summed E-state index contributed by atoms with van der Waals surface area (Å²) in [6.45, 7) is 6.43. The standard InChI is InChI=1S/C15H27N3O3/c1-15(2,3)13(19)10-17-14(20)16-9-11(18(4)5)12-7-6-8-21-12/h6-8,11,13,19H,9-10H2,1-5H3,(H2,16,17,20). The van der Waals surface area contributed by atoms with Crippen LogP contribution in [-0.4, -0.2) is 49.3 Å². The molecule has 0 saturated heterocycles. The highest BCUT2D eigenvalue weighted by Gasteiger charge is 2.23. The molecule has 6 heteroatoms. The Hall–Kier alpha value is -1.53. The molecule has 0 aliphatic carbocycles. The molecule has 0 radical (unpaired) electrons. The number of rotatable bonds is 6. The first-order valence-corrected chi connectivity index (χ1v) is 7.11. The second-order valence-electron chi connectivity index (χ2n) is 6.47. The number of furan rings is 1. The summed E-state index contributed by atoms with van der Waals surface area (Å²) in [7, 11) is 3.85. The van der Waals surface area contributed by atoms with Crippen LogP contribution in [0.25, 0.3) is 0 Å². The molecule has 1 heterocycles. The van der Waals surface area contributed by atoms with Crippen molar-refractivity contribution < 1.29 is 14.3 Å². The van der Waals surface area contributed by atoms with Gasteiger partial charge in [-0.25, -0.2) is 4.79 Å². The highest BCUT2D eigenvalue weighted by molar-refractivity contribution is 5.73. The Kier molecular flexibility index (Phi) is 6.23. The number of hydrogen-bond donors (Lipinski definition) is 3. The molecule has 1 rings (SSSR count). The summed E-state index contributed by atoms with van der Waals surface area (Å²) in [4.78, 5) is 13.8. The molecule has 0 aliphatic heterocycles. The van der Waals surface area contributed by atoms with Crippen molar-refractivity contribution in [1.29, 1.82) is 0 Å². The van der Waals surface area contributed by atoms with Gasteiger partial charge in [-0.15, -0.1) is 0 Å². The fourth-order valence-corrected chi connectivity index (χ4v) is 1.77. The first-order chi connectivity index (χ1) is 9.71. The van der Waals surface area contributed by atoms with Gasteiger partial charge in [-0.05, 0) is 31.6 Å². The van der Waals surface area contributed by atoms with Crippen molar-refractivity contribution in [3.63, 3.8) is 0 Å². The SMILES string of the molecule is CN(C)C(CNC(=O)NCC(O)C(C)(C)C)c1ccco1. The largest absolute Gasteiger partial charge is 0.468 e. The van der Waals surface area contributed by atoms with Gasteiger partial charge in [0.25, 0.3) is 0 Å². The van der Waals surface area contributed by atoms with Crippen molar-refractivity contribution in [2.45, 2.75) is 32.9 Å². The van der Waals surface area contributed by atoms with Crippen molar-refractivity contribution in [3.05, 3.63) is 24.2 Å². The van der Waals surface area contributed by atoms with Gasteiger partial charge in [-0.2, -0.15) is 0 Å². The van der Waals surface area contributed by atoms with Crippen molar-refractivity contribution in [3.8, 4) is 0 Å². The molecule has 21 heavy (non-hydrogen) atoms. The second-order valence-corrected chi connectivity index (χ2v) is 6.47. The van der Waals surface area contributed by atoms with Crippen molar-refractivity contribution in [2.24, 2.45) is 5.41 Å². The van der Waals surface area contributed by atoms with Gasteiger partial charge in [-0.1, -0.05) is 20.8 Å². The molecule has 120 valence electrons. The number of urea groups is 1. The van der Waals surface area contributed by atoms with Crippen LogP contribution in [0.5, 0.6) is 0 Å². The van der Waals surface area contributed by atoms with Gasteiger partial charge in [0.1, 0.15) is 5.76 Å². The van der Waals surface area contributed by atoms with Gasteiger partial charge in [0.05, 0.1) is 18.4 Å². The van der Waals surface area contributed by atoms with Gasteiger partial charge in [0.2, 0.25) is 0 Å². The summed E-state index contributed by atoms with van der Waals surface area (Å²) < 4.78 is 5.38. The van der Waals surface area contributed by atoms with Crippen molar-refractivity contribution in [2.75, 3.05) is 27.2 Å². The minimum atomic E-state index is -0.585. The Morgan fingerprint density at radius 3 is 2.43 bits per heavy atom. The third kappa shape index (κ3) is 5.77. The monoisotopic (exact) mass is 297 g/mol. The Bertz CT molecular complexity index is 424. The molecule has 0 aromatic carbocycles. The quantitative estimate of drug-likeness (QED) is 0.745. The van der Waals surface area contributed by atoms with Crippen LogP contribution in [-0.2, 0) is 0 Å². The molecular weight excluding hydrogens is 270 g/mol. The number of aliphatic hydroxyl groups excluding tert-OH is 1. The molecule has 2 atom stereocenters. The Balaban J connectivity index is 2.41. The average molecular weight is 297 g/mol. The molecular formula is C15H27N3O3. The third-order valence-electron chi connectivity index (χ3n) is 3.41. The van der Waals surface area contributed by atoms with Crippen LogP contribution < -0.4 is 10.6 Å². The second kappa shape index (κ2) is 7.47. The van der Waals surface area contributed by atoms with Crippen LogP contribution in [0.1, 0.15) is 32.6 Å². The van der Waals surface area contributed by atoms with E-state index >= 15 is 0 Å². The zero-order valence-electron chi connectivity index (χ0n) is 13.5. The van der Waals surface area contributed by atoms with Crippen molar-refractivity contribution >= 4 is 6.03 Å². The summed E-state index contributed by atoms with van der Waals surface area (Å²) in [6, 6.07) is 3.38. The number of nitrogens with one attached hydrogen (secondary N) is 2. The van der Waals surface area contributed by atoms with Gasteiger partial charge in [0.15, 0.2) is 0 Å². The van der Waals surface area contributed by atoms with Crippen molar-refractivity contribution in [1.82, 2.24) is 15.5 Å². The number of amides is 2. The lowest BCUT2D eigenvalue weighted by molar-refractivity contribution is 0.0649. The molecule has 6 nitrogen and oxygen atoms in total. The number of likely N-dealkylation sites (N-methyl/N-ethyl adjacent to an activating group) is 1. The lowest BCUT2D eigenvalue weighted by Crippen LogP contribution is -2.45. The topological polar surface area (TPSA) is 77.7 Å². The third-order valence-corrected chi connectivity index (χ3v) is 3.41. The van der Waals surface area contributed by atoms with Crippen LogP contribution >= 0.6 is 0 Å². The molecule has 1 aromatic rings. The lowest BCUT2D eigenvalue weighted by Gasteiger charge is -2.26. The van der Waals surface area contributed by atoms with E-state index in [1.54, 1.807) is 6.26 Å². The molecule has 0 bridgehead atoms. The number of hydrogen-bond acceptors (Lipinski definition) is 4. The minimum absolute atomic E-state index is 0.0294. The maximum absolute atomic E-state index is 11.8. The lowest BCUT2D eigenvalue weighted by atomic mass is 9.89. The van der Waals surface area contributed by atoms with E-state index in [2.05, 4.69) is 10.6 Å². The number of aliphatic hydroxyl groups is 1. The predicted molar refractivity (Wildman–Crippen MR) is 82.0 cm³/mol. The van der Waals surface area contributed by atoms with E-state index in [1.807, 2.05) is 51.9 Å². The summed E-state index contributed by atoms with van der Waals surface area (Å²) in [5.41, 5.74) is -0.256. The van der Waals surface area contributed by atoms with Gasteiger partial charge >= 0.3 is 6.03 Å². The first-order valence-electron chi connectivity index (χ1n) is 7.11. The van der Waals surface area contributed by atoms with E-state index in [9.17, 15) is 9.90 Å². The zero-order valence-corrected chi connectivity index (χ0v) is 13.5. The van der Waals surface area contributed by atoms with Crippen LogP contribution in [0.3, 0.4) is 0 Å². The Morgan fingerprint density at radius 1 is 1.33 bits per heavy atom. The maximum atomic E-state index is 11.8. The van der Waals surface area contributed by atoms with Gasteiger partial charge in [-0.3, -0.25) is 4.90 Å². The summed E-state index contributed by atoms with van der Waals surface area (Å²) in [6.07, 6.45) is 1.03. The van der Waals surface area contributed by atoms with E-state index in [0.29, 0.717) is 6.54 Å².